The van der Waals surface area contributed by atoms with Gasteiger partial charge in [0.2, 0.25) is 0 Å². The first-order valence-corrected chi connectivity index (χ1v) is 7.45. The zero-order valence-corrected chi connectivity index (χ0v) is 13.6. The van der Waals surface area contributed by atoms with Crippen molar-refractivity contribution in [2.45, 2.75) is 31.8 Å². The molecule has 3 N–H and O–H groups in total. The fraction of sp³-hybridized carbons (Fsp3) is 0.467. The van der Waals surface area contributed by atoms with Crippen molar-refractivity contribution in [3.05, 3.63) is 34.9 Å². The van der Waals surface area contributed by atoms with Crippen LogP contribution in [0.25, 0.3) is 0 Å². The number of aliphatic hydroxyl groups excluding tert-OH is 1. The van der Waals surface area contributed by atoms with Gasteiger partial charge in [0.05, 0.1) is 6.61 Å². The summed E-state index contributed by atoms with van der Waals surface area (Å²) in [5, 5.41) is 9.38. The molecule has 2 rings (SSSR count). The molecule has 136 valence electrons. The molecule has 0 aliphatic carbocycles. The van der Waals surface area contributed by atoms with Crippen molar-refractivity contribution in [2.75, 3.05) is 18.9 Å². The van der Waals surface area contributed by atoms with E-state index in [2.05, 4.69) is 11.6 Å². The first kappa shape index (κ1) is 18.6. The molecule has 25 heavy (non-hydrogen) atoms. The maximum Gasteiger partial charge on any atom is 0.351 e. The van der Waals surface area contributed by atoms with Crippen LogP contribution in [0.4, 0.5) is 5.82 Å². The van der Waals surface area contributed by atoms with Crippen LogP contribution in [0.15, 0.2) is 29.2 Å². The molecule has 0 unspecified atom stereocenters. The summed E-state index contributed by atoms with van der Waals surface area (Å²) in [7, 11) is 0. The van der Waals surface area contributed by atoms with Crippen LogP contribution in [0, 0.1) is 0 Å². The average Bonchev–Trinajstić information content (AvgIpc) is 2.94. The number of hydrogen-bond donors (Lipinski definition) is 2. The summed E-state index contributed by atoms with van der Waals surface area (Å²) in [6, 6.07) is 1.43. The average molecular weight is 353 g/mol. The SMILES string of the molecule is C=C(C)C(=O)OCC(=O)O[C@@H]1C[C@H](n2ccc(N)nc2=O)O[C@@H]1CO. The summed E-state index contributed by atoms with van der Waals surface area (Å²) in [4.78, 5) is 38.5. The molecule has 0 bridgehead atoms. The zero-order chi connectivity index (χ0) is 18.6. The molecule has 0 amide bonds. The number of carbonyl (C=O) groups is 2. The van der Waals surface area contributed by atoms with Crippen molar-refractivity contribution in [1.82, 2.24) is 9.55 Å². The quantitative estimate of drug-likeness (QED) is 0.493. The van der Waals surface area contributed by atoms with Crippen LogP contribution in [-0.2, 0) is 23.8 Å². The van der Waals surface area contributed by atoms with Crippen LogP contribution in [0.3, 0.4) is 0 Å². The van der Waals surface area contributed by atoms with Gasteiger partial charge in [-0.15, -0.1) is 0 Å². The maximum absolute atomic E-state index is 11.8. The number of ether oxygens (including phenoxy) is 3. The lowest BCUT2D eigenvalue weighted by atomic mass is 10.2. The minimum absolute atomic E-state index is 0.0697. The largest absolute Gasteiger partial charge is 0.457 e. The van der Waals surface area contributed by atoms with E-state index in [1.807, 2.05) is 0 Å². The van der Waals surface area contributed by atoms with Gasteiger partial charge in [0.1, 0.15) is 24.3 Å². The number of esters is 2. The molecule has 10 heteroatoms. The Morgan fingerprint density at radius 3 is 2.88 bits per heavy atom. The molecular weight excluding hydrogens is 334 g/mol. The number of hydrogen-bond acceptors (Lipinski definition) is 9. The lowest BCUT2D eigenvalue weighted by Crippen LogP contribution is -2.31. The van der Waals surface area contributed by atoms with E-state index in [-0.39, 0.29) is 17.8 Å². The van der Waals surface area contributed by atoms with Crippen LogP contribution in [0.2, 0.25) is 0 Å². The fourth-order valence-electron chi connectivity index (χ4n) is 2.25. The van der Waals surface area contributed by atoms with Crippen molar-refractivity contribution in [2.24, 2.45) is 0 Å². The van der Waals surface area contributed by atoms with Crippen LogP contribution in [0.1, 0.15) is 19.6 Å². The second-order valence-electron chi connectivity index (χ2n) is 5.47. The van der Waals surface area contributed by atoms with E-state index in [1.54, 1.807) is 0 Å². The Morgan fingerprint density at radius 1 is 1.56 bits per heavy atom. The summed E-state index contributed by atoms with van der Waals surface area (Å²) < 4.78 is 16.6. The number of anilines is 1. The third kappa shape index (κ3) is 4.64. The van der Waals surface area contributed by atoms with Gasteiger partial charge in [0.25, 0.3) is 0 Å². The van der Waals surface area contributed by atoms with Crippen LogP contribution < -0.4 is 11.4 Å². The van der Waals surface area contributed by atoms with E-state index in [0.717, 1.165) is 0 Å². The van der Waals surface area contributed by atoms with Gasteiger partial charge in [-0.2, -0.15) is 4.98 Å². The number of nitrogens with zero attached hydrogens (tertiary/aromatic N) is 2. The fourth-order valence-corrected chi connectivity index (χ4v) is 2.25. The Kier molecular flexibility index (Phi) is 5.88. The van der Waals surface area contributed by atoms with Gasteiger partial charge in [-0.3, -0.25) is 4.57 Å². The van der Waals surface area contributed by atoms with Gasteiger partial charge in [0.15, 0.2) is 6.61 Å². The number of carbonyl (C=O) groups excluding carboxylic acids is 2. The Morgan fingerprint density at radius 2 is 2.28 bits per heavy atom. The molecule has 1 fully saturated rings. The van der Waals surface area contributed by atoms with E-state index in [1.165, 1.54) is 23.8 Å². The Balaban J connectivity index is 1.99. The molecule has 0 spiro atoms. The van der Waals surface area contributed by atoms with Crippen molar-refractivity contribution in [3.63, 3.8) is 0 Å². The predicted octanol–water partition coefficient (Wildman–Crippen LogP) is -0.864. The number of aromatic nitrogens is 2. The molecule has 1 aliphatic heterocycles. The lowest BCUT2D eigenvalue weighted by molar-refractivity contribution is -0.163. The van der Waals surface area contributed by atoms with Gasteiger partial charge >= 0.3 is 17.6 Å². The maximum atomic E-state index is 11.8. The first-order valence-electron chi connectivity index (χ1n) is 7.45. The van der Waals surface area contributed by atoms with Crippen molar-refractivity contribution >= 4 is 17.8 Å². The third-order valence-corrected chi connectivity index (χ3v) is 3.47. The predicted molar refractivity (Wildman–Crippen MR) is 84.2 cm³/mol. The molecule has 2 heterocycles. The number of aliphatic hydroxyl groups is 1. The van der Waals surface area contributed by atoms with Crippen LogP contribution in [-0.4, -0.2) is 52.0 Å². The van der Waals surface area contributed by atoms with Crippen molar-refractivity contribution < 1.29 is 28.9 Å². The molecule has 1 aliphatic rings. The zero-order valence-electron chi connectivity index (χ0n) is 13.6. The van der Waals surface area contributed by atoms with E-state index in [9.17, 15) is 19.5 Å². The Bertz CT molecular complexity index is 730. The van der Waals surface area contributed by atoms with Crippen LogP contribution in [0.5, 0.6) is 0 Å². The normalized spacial score (nSPS) is 22.4. The van der Waals surface area contributed by atoms with Gasteiger partial charge in [-0.25, -0.2) is 14.4 Å². The summed E-state index contributed by atoms with van der Waals surface area (Å²) in [5.74, 6) is -1.44. The van der Waals surface area contributed by atoms with Gasteiger partial charge in [-0.1, -0.05) is 6.58 Å². The molecule has 0 saturated carbocycles. The highest BCUT2D eigenvalue weighted by molar-refractivity contribution is 5.88. The number of nitrogen functional groups attached to an aromatic ring is 1. The molecule has 1 saturated heterocycles. The minimum atomic E-state index is -0.824. The van der Waals surface area contributed by atoms with Gasteiger partial charge < -0.3 is 25.1 Å². The highest BCUT2D eigenvalue weighted by atomic mass is 16.6. The van der Waals surface area contributed by atoms with Gasteiger partial charge in [0, 0.05) is 18.2 Å². The smallest absolute Gasteiger partial charge is 0.351 e. The van der Waals surface area contributed by atoms with Crippen LogP contribution >= 0.6 is 0 Å². The molecule has 0 aromatic carbocycles. The molecule has 1 aromatic heterocycles. The third-order valence-electron chi connectivity index (χ3n) is 3.47. The Labute approximate surface area is 142 Å². The molecule has 0 radical (unpaired) electrons. The van der Waals surface area contributed by atoms with E-state index in [4.69, 9.17) is 19.9 Å². The van der Waals surface area contributed by atoms with Crippen molar-refractivity contribution in [1.29, 1.82) is 0 Å². The Hall–Kier alpha value is -2.72. The first-order chi connectivity index (χ1) is 11.8. The highest BCUT2D eigenvalue weighted by Crippen LogP contribution is 2.29. The topological polar surface area (TPSA) is 143 Å². The monoisotopic (exact) mass is 353 g/mol. The molecule has 10 nitrogen and oxygen atoms in total. The van der Waals surface area contributed by atoms with E-state index < -0.39 is 49.3 Å². The van der Waals surface area contributed by atoms with E-state index >= 15 is 0 Å². The second kappa shape index (κ2) is 7.90. The summed E-state index contributed by atoms with van der Waals surface area (Å²) in [5.41, 5.74) is 4.96. The van der Waals surface area contributed by atoms with Gasteiger partial charge in [-0.05, 0) is 13.0 Å². The summed E-state index contributed by atoms with van der Waals surface area (Å²) in [6.45, 7) is 3.83. The second-order valence-corrected chi connectivity index (χ2v) is 5.47. The molecular formula is C15H19N3O7. The summed E-state index contributed by atoms with van der Waals surface area (Å²) >= 11 is 0. The molecule has 1 aromatic rings. The molecule has 3 atom stereocenters. The highest BCUT2D eigenvalue weighted by Gasteiger charge is 2.39. The van der Waals surface area contributed by atoms with E-state index in [0.29, 0.717) is 0 Å². The summed E-state index contributed by atoms with van der Waals surface area (Å²) in [6.07, 6.45) is -0.876. The lowest BCUT2D eigenvalue weighted by Gasteiger charge is -2.16. The number of rotatable bonds is 6. The van der Waals surface area contributed by atoms with Crippen molar-refractivity contribution in [3.8, 4) is 0 Å². The standard InChI is InChI=1S/C15H19N3O7/c1-8(2)14(21)23-7-13(20)25-9-5-12(24-10(9)6-19)18-4-3-11(16)17-15(18)22/h3-4,9-10,12,19H,1,5-7H2,2H3,(H2,16,17,22)/t9-,10-,12-/m1/s1. The number of nitrogens with two attached hydrogens (primary N) is 1. The minimum Gasteiger partial charge on any atom is -0.457 e.